The Balaban J connectivity index is 0.000000980. The number of ether oxygens (including phenoxy) is 1. The maximum atomic E-state index is 5.37. The van der Waals surface area contributed by atoms with Crippen LogP contribution in [0.25, 0.3) is 0 Å². The number of nitrogens with zero attached hydrogens (tertiary/aromatic N) is 1. The lowest BCUT2D eigenvalue weighted by atomic mass is 9.95. The molecular formula is C10H22Cl2N2O. The van der Waals surface area contributed by atoms with Crippen LogP contribution in [0.3, 0.4) is 0 Å². The van der Waals surface area contributed by atoms with Crippen molar-refractivity contribution in [3.8, 4) is 0 Å². The minimum atomic E-state index is 0. The van der Waals surface area contributed by atoms with Crippen molar-refractivity contribution in [2.45, 2.75) is 31.8 Å². The molecule has 1 N–H and O–H groups in total. The van der Waals surface area contributed by atoms with Crippen LogP contribution in [-0.2, 0) is 4.74 Å². The Morgan fingerprint density at radius 2 is 1.80 bits per heavy atom. The monoisotopic (exact) mass is 256 g/mol. The molecule has 0 aromatic carbocycles. The Labute approximate surface area is 105 Å². The van der Waals surface area contributed by atoms with Gasteiger partial charge in [0.1, 0.15) is 0 Å². The van der Waals surface area contributed by atoms with Crippen molar-refractivity contribution in [2.24, 2.45) is 0 Å². The summed E-state index contributed by atoms with van der Waals surface area (Å²) in [5.41, 5.74) is 0.289. The number of hydrogen-bond donors (Lipinski definition) is 1. The molecule has 2 saturated heterocycles. The number of morpholine rings is 1. The van der Waals surface area contributed by atoms with Crippen LogP contribution in [0.15, 0.2) is 0 Å². The second kappa shape index (κ2) is 6.26. The summed E-state index contributed by atoms with van der Waals surface area (Å²) in [6.45, 7) is 9.81. The van der Waals surface area contributed by atoms with Crippen LogP contribution in [0.5, 0.6) is 0 Å². The SMILES string of the molecule is CC1(C)NCCC1N1CCOCC1.Cl.Cl. The van der Waals surface area contributed by atoms with Crippen LogP contribution in [0.4, 0.5) is 0 Å². The fourth-order valence-corrected chi connectivity index (χ4v) is 2.54. The minimum absolute atomic E-state index is 0. The summed E-state index contributed by atoms with van der Waals surface area (Å²) in [7, 11) is 0. The summed E-state index contributed by atoms with van der Waals surface area (Å²) in [6, 6.07) is 0.705. The van der Waals surface area contributed by atoms with E-state index in [4.69, 9.17) is 4.74 Å². The third-order valence-corrected chi connectivity index (χ3v) is 3.32. The second-order valence-electron chi connectivity index (χ2n) is 4.60. The lowest BCUT2D eigenvalue weighted by Gasteiger charge is -2.39. The highest BCUT2D eigenvalue weighted by atomic mass is 35.5. The van der Waals surface area contributed by atoms with Crippen molar-refractivity contribution in [1.82, 2.24) is 10.2 Å². The van der Waals surface area contributed by atoms with Crippen LogP contribution in [-0.4, -0.2) is 49.3 Å². The van der Waals surface area contributed by atoms with Gasteiger partial charge in [-0.1, -0.05) is 0 Å². The molecule has 2 aliphatic heterocycles. The molecule has 0 amide bonds. The third-order valence-electron chi connectivity index (χ3n) is 3.32. The maximum Gasteiger partial charge on any atom is 0.0594 e. The predicted octanol–water partition coefficient (Wildman–Crippen LogP) is 1.30. The number of halogens is 2. The van der Waals surface area contributed by atoms with Gasteiger partial charge in [0.25, 0.3) is 0 Å². The smallest absolute Gasteiger partial charge is 0.0594 e. The van der Waals surface area contributed by atoms with Gasteiger partial charge in [-0.05, 0) is 26.8 Å². The van der Waals surface area contributed by atoms with Crippen LogP contribution in [0, 0.1) is 0 Å². The van der Waals surface area contributed by atoms with E-state index < -0.39 is 0 Å². The molecule has 3 nitrogen and oxygen atoms in total. The van der Waals surface area contributed by atoms with E-state index in [2.05, 4.69) is 24.1 Å². The molecule has 0 bridgehead atoms. The Bertz CT molecular complexity index is 184. The molecule has 92 valence electrons. The molecule has 2 aliphatic rings. The van der Waals surface area contributed by atoms with Crippen molar-refractivity contribution in [3.63, 3.8) is 0 Å². The van der Waals surface area contributed by atoms with Crippen molar-refractivity contribution in [1.29, 1.82) is 0 Å². The number of hydrogen-bond acceptors (Lipinski definition) is 3. The van der Waals surface area contributed by atoms with Gasteiger partial charge in [0.05, 0.1) is 13.2 Å². The average Bonchev–Trinajstić information content (AvgIpc) is 2.47. The van der Waals surface area contributed by atoms with Crippen LogP contribution in [0.1, 0.15) is 20.3 Å². The molecule has 5 heteroatoms. The van der Waals surface area contributed by atoms with Crippen LogP contribution >= 0.6 is 24.8 Å². The quantitative estimate of drug-likeness (QED) is 0.766. The minimum Gasteiger partial charge on any atom is -0.379 e. The first-order chi connectivity index (χ1) is 6.20. The lowest BCUT2D eigenvalue weighted by Crippen LogP contribution is -2.54. The van der Waals surface area contributed by atoms with Gasteiger partial charge in [-0.25, -0.2) is 0 Å². The van der Waals surface area contributed by atoms with Gasteiger partial charge in [-0.15, -0.1) is 24.8 Å². The molecule has 0 aliphatic carbocycles. The first-order valence-electron chi connectivity index (χ1n) is 5.27. The maximum absolute atomic E-state index is 5.37. The van der Waals surface area contributed by atoms with E-state index in [1.807, 2.05) is 0 Å². The van der Waals surface area contributed by atoms with Crippen LogP contribution < -0.4 is 5.32 Å². The Morgan fingerprint density at radius 3 is 2.27 bits per heavy atom. The molecule has 1 unspecified atom stereocenters. The van der Waals surface area contributed by atoms with Gasteiger partial charge in [0.15, 0.2) is 0 Å². The van der Waals surface area contributed by atoms with Gasteiger partial charge in [-0.2, -0.15) is 0 Å². The Kier molecular flexibility index (Phi) is 6.45. The average molecular weight is 257 g/mol. The number of nitrogens with one attached hydrogen (secondary N) is 1. The van der Waals surface area contributed by atoms with Gasteiger partial charge < -0.3 is 10.1 Å². The molecule has 2 fully saturated rings. The van der Waals surface area contributed by atoms with Gasteiger partial charge in [0, 0.05) is 24.7 Å². The van der Waals surface area contributed by atoms with Crippen molar-refractivity contribution in [2.75, 3.05) is 32.8 Å². The molecular weight excluding hydrogens is 235 g/mol. The zero-order valence-corrected chi connectivity index (χ0v) is 11.1. The fraction of sp³-hybridized carbons (Fsp3) is 1.00. The first kappa shape index (κ1) is 15.5. The Morgan fingerprint density at radius 1 is 1.20 bits per heavy atom. The summed E-state index contributed by atoms with van der Waals surface area (Å²) < 4.78 is 5.37. The molecule has 2 heterocycles. The van der Waals surface area contributed by atoms with E-state index >= 15 is 0 Å². The predicted molar refractivity (Wildman–Crippen MR) is 67.4 cm³/mol. The van der Waals surface area contributed by atoms with E-state index in [0.717, 1.165) is 32.8 Å². The first-order valence-corrected chi connectivity index (χ1v) is 5.27. The van der Waals surface area contributed by atoms with Crippen molar-refractivity contribution in [3.05, 3.63) is 0 Å². The molecule has 0 aromatic rings. The summed E-state index contributed by atoms with van der Waals surface area (Å²) in [5, 5.41) is 3.56. The highest BCUT2D eigenvalue weighted by Gasteiger charge is 2.38. The van der Waals surface area contributed by atoms with E-state index in [1.165, 1.54) is 6.42 Å². The van der Waals surface area contributed by atoms with Crippen LogP contribution in [0.2, 0.25) is 0 Å². The van der Waals surface area contributed by atoms with E-state index in [1.54, 1.807) is 0 Å². The molecule has 1 atom stereocenters. The zero-order valence-electron chi connectivity index (χ0n) is 9.49. The normalized spacial score (nSPS) is 30.4. The second-order valence-corrected chi connectivity index (χ2v) is 4.60. The molecule has 15 heavy (non-hydrogen) atoms. The third kappa shape index (κ3) is 3.46. The van der Waals surface area contributed by atoms with E-state index in [-0.39, 0.29) is 30.4 Å². The largest absolute Gasteiger partial charge is 0.379 e. The Hall–Kier alpha value is 0.460. The fourth-order valence-electron chi connectivity index (χ4n) is 2.54. The van der Waals surface area contributed by atoms with E-state index in [0.29, 0.717) is 6.04 Å². The summed E-state index contributed by atoms with van der Waals surface area (Å²) >= 11 is 0. The van der Waals surface area contributed by atoms with Gasteiger partial charge in [-0.3, -0.25) is 4.90 Å². The topological polar surface area (TPSA) is 24.5 Å². The molecule has 0 saturated carbocycles. The molecule has 0 aromatic heterocycles. The van der Waals surface area contributed by atoms with Crippen molar-refractivity contribution >= 4 is 24.8 Å². The summed E-state index contributed by atoms with van der Waals surface area (Å²) in [4.78, 5) is 2.57. The zero-order chi connectivity index (χ0) is 9.31. The lowest BCUT2D eigenvalue weighted by molar-refractivity contribution is 0.00574. The highest BCUT2D eigenvalue weighted by Crippen LogP contribution is 2.24. The molecule has 2 rings (SSSR count). The van der Waals surface area contributed by atoms with E-state index in [9.17, 15) is 0 Å². The number of rotatable bonds is 1. The summed E-state index contributed by atoms with van der Waals surface area (Å²) in [6.07, 6.45) is 1.28. The molecule has 0 radical (unpaired) electrons. The van der Waals surface area contributed by atoms with Gasteiger partial charge in [0.2, 0.25) is 0 Å². The standard InChI is InChI=1S/C10H20N2O.2ClH/c1-10(2)9(3-4-11-10)12-5-7-13-8-6-12;;/h9,11H,3-8H2,1-2H3;2*1H. The molecule has 0 spiro atoms. The van der Waals surface area contributed by atoms with Gasteiger partial charge >= 0.3 is 0 Å². The summed E-state index contributed by atoms with van der Waals surface area (Å²) in [5.74, 6) is 0. The van der Waals surface area contributed by atoms with Crippen molar-refractivity contribution < 1.29 is 4.74 Å². The highest BCUT2D eigenvalue weighted by molar-refractivity contribution is 5.85.